The van der Waals surface area contributed by atoms with E-state index in [1.165, 1.54) is 6.07 Å². The molecule has 0 saturated heterocycles. The zero-order valence-corrected chi connectivity index (χ0v) is 14.2. The van der Waals surface area contributed by atoms with E-state index in [9.17, 15) is 9.59 Å². The number of aromatic nitrogens is 1. The SMILES string of the molecule is CC(C)N(CCNC(=O)c1cc(=O)[nH]c2ccccc12)C(C)C. The summed E-state index contributed by atoms with van der Waals surface area (Å²) < 4.78 is 0. The van der Waals surface area contributed by atoms with Crippen LogP contribution in [0, 0.1) is 0 Å². The van der Waals surface area contributed by atoms with Gasteiger partial charge in [-0.1, -0.05) is 18.2 Å². The van der Waals surface area contributed by atoms with E-state index < -0.39 is 0 Å². The lowest BCUT2D eigenvalue weighted by atomic mass is 10.1. The quantitative estimate of drug-likeness (QED) is 0.860. The van der Waals surface area contributed by atoms with Crippen LogP contribution in [0.3, 0.4) is 0 Å². The molecule has 0 aliphatic rings. The van der Waals surface area contributed by atoms with Gasteiger partial charge in [0.2, 0.25) is 5.56 Å². The molecule has 0 unspecified atom stereocenters. The van der Waals surface area contributed by atoms with Crippen LogP contribution in [-0.2, 0) is 0 Å². The molecular formula is C18H25N3O2. The number of benzene rings is 1. The third-order valence-electron chi connectivity index (χ3n) is 3.98. The van der Waals surface area contributed by atoms with E-state index in [4.69, 9.17) is 0 Å². The van der Waals surface area contributed by atoms with E-state index in [-0.39, 0.29) is 11.5 Å². The second kappa shape index (κ2) is 7.42. The minimum atomic E-state index is -0.264. The predicted molar refractivity (Wildman–Crippen MR) is 93.9 cm³/mol. The van der Waals surface area contributed by atoms with Gasteiger partial charge in [0.1, 0.15) is 0 Å². The minimum Gasteiger partial charge on any atom is -0.351 e. The van der Waals surface area contributed by atoms with Crippen LogP contribution >= 0.6 is 0 Å². The summed E-state index contributed by atoms with van der Waals surface area (Å²) in [6, 6.07) is 9.54. The highest BCUT2D eigenvalue weighted by Gasteiger charge is 2.15. The van der Waals surface area contributed by atoms with E-state index in [1.807, 2.05) is 18.2 Å². The van der Waals surface area contributed by atoms with Crippen LogP contribution in [0.15, 0.2) is 35.1 Å². The van der Waals surface area contributed by atoms with E-state index in [1.54, 1.807) is 6.07 Å². The molecule has 2 N–H and O–H groups in total. The van der Waals surface area contributed by atoms with Crippen molar-refractivity contribution in [2.75, 3.05) is 13.1 Å². The molecule has 5 nitrogen and oxygen atoms in total. The number of carbonyl (C=O) groups excluding carboxylic acids is 1. The Kier molecular flexibility index (Phi) is 5.55. The van der Waals surface area contributed by atoms with Crippen LogP contribution in [0.1, 0.15) is 38.1 Å². The van der Waals surface area contributed by atoms with Gasteiger partial charge in [0, 0.05) is 42.1 Å². The summed E-state index contributed by atoms with van der Waals surface area (Å²) in [6.07, 6.45) is 0. The van der Waals surface area contributed by atoms with Crippen molar-refractivity contribution in [3.05, 3.63) is 46.2 Å². The van der Waals surface area contributed by atoms with E-state index in [2.05, 4.69) is 42.9 Å². The van der Waals surface area contributed by atoms with Crippen LogP contribution in [-0.4, -0.2) is 41.0 Å². The highest BCUT2D eigenvalue weighted by Crippen LogP contribution is 2.14. The van der Waals surface area contributed by atoms with Gasteiger partial charge in [-0.2, -0.15) is 0 Å². The smallest absolute Gasteiger partial charge is 0.252 e. The Morgan fingerprint density at radius 2 is 1.83 bits per heavy atom. The molecule has 0 atom stereocenters. The van der Waals surface area contributed by atoms with Crippen molar-refractivity contribution < 1.29 is 4.79 Å². The van der Waals surface area contributed by atoms with Gasteiger partial charge >= 0.3 is 0 Å². The molecule has 5 heteroatoms. The molecule has 0 radical (unpaired) electrons. The molecule has 1 aromatic heterocycles. The monoisotopic (exact) mass is 315 g/mol. The number of nitrogens with zero attached hydrogens (tertiary/aromatic N) is 1. The summed E-state index contributed by atoms with van der Waals surface area (Å²) in [7, 11) is 0. The van der Waals surface area contributed by atoms with Crippen molar-refractivity contribution in [3.8, 4) is 0 Å². The maximum absolute atomic E-state index is 12.4. The molecule has 0 aliphatic heterocycles. The lowest BCUT2D eigenvalue weighted by molar-refractivity contribution is 0.0941. The number of carbonyl (C=O) groups is 1. The van der Waals surface area contributed by atoms with Gasteiger partial charge in [-0.3, -0.25) is 14.5 Å². The number of fused-ring (bicyclic) bond motifs is 1. The molecule has 1 heterocycles. The Hall–Kier alpha value is -2.14. The number of nitrogens with one attached hydrogen (secondary N) is 2. The molecule has 0 aliphatic carbocycles. The molecule has 0 bridgehead atoms. The number of hydrogen-bond donors (Lipinski definition) is 2. The fourth-order valence-corrected chi connectivity index (χ4v) is 2.90. The predicted octanol–water partition coefficient (Wildman–Crippen LogP) is 2.38. The van der Waals surface area contributed by atoms with Crippen LogP contribution in [0.25, 0.3) is 10.9 Å². The molecule has 124 valence electrons. The number of amides is 1. The number of para-hydroxylation sites is 1. The summed E-state index contributed by atoms with van der Waals surface area (Å²) in [4.78, 5) is 29.2. The van der Waals surface area contributed by atoms with Crippen LogP contribution in [0.4, 0.5) is 0 Å². The second-order valence-corrected chi connectivity index (χ2v) is 6.27. The van der Waals surface area contributed by atoms with Gasteiger partial charge in [0.15, 0.2) is 0 Å². The molecule has 1 aromatic carbocycles. The zero-order valence-electron chi connectivity index (χ0n) is 14.2. The zero-order chi connectivity index (χ0) is 17.0. The average molecular weight is 315 g/mol. The first-order chi connectivity index (χ1) is 10.9. The minimum absolute atomic E-state index is 0.209. The van der Waals surface area contributed by atoms with Crippen LogP contribution in [0.5, 0.6) is 0 Å². The van der Waals surface area contributed by atoms with Gasteiger partial charge in [0.05, 0.1) is 5.56 Å². The Morgan fingerprint density at radius 1 is 1.17 bits per heavy atom. The lowest BCUT2D eigenvalue weighted by Gasteiger charge is -2.30. The van der Waals surface area contributed by atoms with Crippen molar-refractivity contribution >= 4 is 16.8 Å². The van der Waals surface area contributed by atoms with Crippen molar-refractivity contribution in [1.82, 2.24) is 15.2 Å². The van der Waals surface area contributed by atoms with Gasteiger partial charge in [-0.25, -0.2) is 0 Å². The largest absolute Gasteiger partial charge is 0.351 e. The normalized spacial score (nSPS) is 11.6. The average Bonchev–Trinajstić information content (AvgIpc) is 2.49. The lowest BCUT2D eigenvalue weighted by Crippen LogP contribution is -2.42. The van der Waals surface area contributed by atoms with Gasteiger partial charge in [0.25, 0.3) is 5.91 Å². The topological polar surface area (TPSA) is 65.2 Å². The third kappa shape index (κ3) is 4.20. The number of hydrogen-bond acceptors (Lipinski definition) is 3. The molecule has 0 spiro atoms. The van der Waals surface area contributed by atoms with E-state index >= 15 is 0 Å². The third-order valence-corrected chi connectivity index (χ3v) is 3.98. The fourth-order valence-electron chi connectivity index (χ4n) is 2.90. The molecule has 2 rings (SSSR count). The first-order valence-corrected chi connectivity index (χ1v) is 8.06. The summed E-state index contributed by atoms with van der Waals surface area (Å²) in [6.45, 7) is 9.91. The Bertz CT molecular complexity index is 726. The maximum Gasteiger partial charge on any atom is 0.252 e. The molecule has 1 amide bonds. The van der Waals surface area contributed by atoms with Crippen LogP contribution < -0.4 is 10.9 Å². The number of pyridine rings is 1. The standard InChI is InChI=1S/C18H25N3O2/c1-12(2)21(13(3)4)10-9-19-18(23)15-11-17(22)20-16-8-6-5-7-14(15)16/h5-8,11-13H,9-10H2,1-4H3,(H,19,23)(H,20,22). The second-order valence-electron chi connectivity index (χ2n) is 6.27. The Balaban J connectivity index is 2.11. The molecule has 0 saturated carbocycles. The first kappa shape index (κ1) is 17.2. The van der Waals surface area contributed by atoms with Gasteiger partial charge in [-0.15, -0.1) is 0 Å². The summed E-state index contributed by atoms with van der Waals surface area (Å²) in [5.41, 5.74) is 0.834. The molecule has 23 heavy (non-hydrogen) atoms. The van der Waals surface area contributed by atoms with Gasteiger partial charge in [-0.05, 0) is 33.8 Å². The van der Waals surface area contributed by atoms with Crippen LogP contribution in [0.2, 0.25) is 0 Å². The highest BCUT2D eigenvalue weighted by molar-refractivity contribution is 6.05. The van der Waals surface area contributed by atoms with Gasteiger partial charge < -0.3 is 10.3 Å². The molecular weight excluding hydrogens is 290 g/mol. The van der Waals surface area contributed by atoms with Crippen molar-refractivity contribution in [3.63, 3.8) is 0 Å². The van der Waals surface area contributed by atoms with Crippen molar-refractivity contribution in [1.29, 1.82) is 0 Å². The fraction of sp³-hybridized carbons (Fsp3) is 0.444. The Morgan fingerprint density at radius 3 is 2.48 bits per heavy atom. The first-order valence-electron chi connectivity index (χ1n) is 8.06. The molecule has 0 fully saturated rings. The number of rotatable bonds is 6. The van der Waals surface area contributed by atoms with E-state index in [0.29, 0.717) is 29.7 Å². The molecule has 2 aromatic rings. The number of H-pyrrole nitrogens is 1. The summed E-state index contributed by atoms with van der Waals surface area (Å²) in [5.74, 6) is -0.209. The van der Waals surface area contributed by atoms with Crippen molar-refractivity contribution in [2.45, 2.75) is 39.8 Å². The van der Waals surface area contributed by atoms with Crippen molar-refractivity contribution in [2.24, 2.45) is 0 Å². The Labute approximate surface area is 136 Å². The number of aromatic amines is 1. The maximum atomic E-state index is 12.4. The summed E-state index contributed by atoms with van der Waals surface area (Å²) in [5, 5.41) is 3.68. The summed E-state index contributed by atoms with van der Waals surface area (Å²) >= 11 is 0. The van der Waals surface area contributed by atoms with E-state index in [0.717, 1.165) is 11.9 Å². The highest BCUT2D eigenvalue weighted by atomic mass is 16.2.